The maximum atomic E-state index is 11.6. The summed E-state index contributed by atoms with van der Waals surface area (Å²) in [6.07, 6.45) is 3.91. The summed E-state index contributed by atoms with van der Waals surface area (Å²) in [5.74, 6) is 1.40. The number of nitrogens with one attached hydrogen (secondary N) is 2. The predicted molar refractivity (Wildman–Crippen MR) is 111 cm³/mol. The molecule has 0 atom stereocenters. The Labute approximate surface area is 164 Å². The highest BCUT2D eigenvalue weighted by atomic mass is 16.5. The summed E-state index contributed by atoms with van der Waals surface area (Å²) < 4.78 is 5.56. The number of amides is 1. The molecule has 28 heavy (non-hydrogen) atoms. The first-order chi connectivity index (χ1) is 13.7. The van der Waals surface area contributed by atoms with Crippen molar-refractivity contribution in [1.29, 1.82) is 0 Å². The van der Waals surface area contributed by atoms with E-state index >= 15 is 0 Å². The van der Waals surface area contributed by atoms with E-state index in [4.69, 9.17) is 4.74 Å². The van der Waals surface area contributed by atoms with E-state index in [1.54, 1.807) is 14.2 Å². The number of methoxy groups -OCH3 is 1. The molecule has 3 aromatic rings. The SMILES string of the molecule is CNC(=O)CN1CCC(c2cc3c(-c4ccccc4OC)ccnc3[nH]2)CC1. The summed E-state index contributed by atoms with van der Waals surface area (Å²) in [5.41, 5.74) is 4.33. The van der Waals surface area contributed by atoms with Crippen LogP contribution in [0.25, 0.3) is 22.2 Å². The van der Waals surface area contributed by atoms with Crippen LogP contribution in [0.1, 0.15) is 24.5 Å². The van der Waals surface area contributed by atoms with Gasteiger partial charge in [-0.05, 0) is 49.7 Å². The normalized spacial score (nSPS) is 15.6. The first-order valence-electron chi connectivity index (χ1n) is 9.73. The number of likely N-dealkylation sites (N-methyl/N-ethyl adjacent to an activating group) is 1. The van der Waals surface area contributed by atoms with E-state index in [1.807, 2.05) is 30.5 Å². The minimum Gasteiger partial charge on any atom is -0.496 e. The summed E-state index contributed by atoms with van der Waals surface area (Å²) in [6.45, 7) is 2.34. The molecule has 1 aliphatic rings. The lowest BCUT2D eigenvalue weighted by Gasteiger charge is -2.30. The summed E-state index contributed by atoms with van der Waals surface area (Å²) in [4.78, 5) is 21.9. The highest BCUT2D eigenvalue weighted by Crippen LogP contribution is 2.36. The van der Waals surface area contributed by atoms with E-state index in [9.17, 15) is 4.79 Å². The molecule has 146 valence electrons. The quantitative estimate of drug-likeness (QED) is 0.715. The molecule has 3 heterocycles. The first-order valence-corrected chi connectivity index (χ1v) is 9.73. The molecule has 1 amide bonds. The number of hydrogen-bond donors (Lipinski definition) is 2. The Morgan fingerprint density at radius 1 is 1.25 bits per heavy atom. The maximum Gasteiger partial charge on any atom is 0.233 e. The highest BCUT2D eigenvalue weighted by molar-refractivity contribution is 5.95. The van der Waals surface area contributed by atoms with Crippen LogP contribution >= 0.6 is 0 Å². The van der Waals surface area contributed by atoms with Crippen LogP contribution in [-0.4, -0.2) is 54.6 Å². The minimum absolute atomic E-state index is 0.0784. The van der Waals surface area contributed by atoms with Gasteiger partial charge in [-0.1, -0.05) is 18.2 Å². The standard InChI is InChI=1S/C22H26N4O2/c1-23-21(27)14-26-11-8-15(9-12-26)19-13-18-16(7-10-24-22(18)25-19)17-5-3-4-6-20(17)28-2/h3-7,10,13,15H,8-9,11-12,14H2,1-2H3,(H,23,27)(H,24,25). The number of likely N-dealkylation sites (tertiary alicyclic amines) is 1. The maximum absolute atomic E-state index is 11.6. The number of benzene rings is 1. The number of ether oxygens (including phenoxy) is 1. The zero-order valence-corrected chi connectivity index (χ0v) is 16.4. The van der Waals surface area contributed by atoms with Crippen molar-refractivity contribution in [3.05, 3.63) is 48.3 Å². The first kappa shape index (κ1) is 18.5. The smallest absolute Gasteiger partial charge is 0.233 e. The van der Waals surface area contributed by atoms with Crippen LogP contribution in [0, 0.1) is 0 Å². The predicted octanol–water partition coefficient (Wildman–Crippen LogP) is 3.16. The van der Waals surface area contributed by atoms with E-state index in [2.05, 4.69) is 32.3 Å². The second-order valence-corrected chi connectivity index (χ2v) is 7.27. The number of carbonyl (C=O) groups is 1. The van der Waals surface area contributed by atoms with Crippen LogP contribution in [0.3, 0.4) is 0 Å². The molecule has 1 saturated heterocycles. The monoisotopic (exact) mass is 378 g/mol. The van der Waals surface area contributed by atoms with Gasteiger partial charge in [-0.3, -0.25) is 9.69 Å². The second-order valence-electron chi connectivity index (χ2n) is 7.27. The zero-order chi connectivity index (χ0) is 19.5. The Morgan fingerprint density at radius 2 is 2.04 bits per heavy atom. The minimum atomic E-state index is 0.0784. The number of pyridine rings is 1. The van der Waals surface area contributed by atoms with Gasteiger partial charge in [0.2, 0.25) is 5.91 Å². The Bertz CT molecular complexity index is 974. The van der Waals surface area contributed by atoms with Crippen LogP contribution < -0.4 is 10.1 Å². The Kier molecular flexibility index (Phi) is 5.30. The third-order valence-electron chi connectivity index (χ3n) is 5.62. The molecule has 6 heteroatoms. The summed E-state index contributed by atoms with van der Waals surface area (Å²) in [5, 5.41) is 3.82. The van der Waals surface area contributed by atoms with Crippen LogP contribution in [0.5, 0.6) is 5.75 Å². The molecule has 0 spiro atoms. The van der Waals surface area contributed by atoms with Gasteiger partial charge in [0.25, 0.3) is 0 Å². The van der Waals surface area contributed by atoms with Crippen LogP contribution in [0.15, 0.2) is 42.6 Å². The fourth-order valence-corrected chi connectivity index (χ4v) is 4.05. The zero-order valence-electron chi connectivity index (χ0n) is 16.4. The lowest BCUT2D eigenvalue weighted by atomic mass is 9.93. The largest absolute Gasteiger partial charge is 0.496 e. The van der Waals surface area contributed by atoms with E-state index in [0.29, 0.717) is 12.5 Å². The van der Waals surface area contributed by atoms with Gasteiger partial charge >= 0.3 is 0 Å². The molecule has 1 aliphatic heterocycles. The fourth-order valence-electron chi connectivity index (χ4n) is 4.05. The number of fused-ring (bicyclic) bond motifs is 1. The van der Waals surface area contributed by atoms with Gasteiger partial charge in [-0.25, -0.2) is 4.98 Å². The molecule has 1 fully saturated rings. The molecular weight excluding hydrogens is 352 g/mol. The highest BCUT2D eigenvalue weighted by Gasteiger charge is 2.24. The average Bonchev–Trinajstić information content (AvgIpc) is 3.18. The molecular formula is C22H26N4O2. The summed E-state index contributed by atoms with van der Waals surface area (Å²) in [7, 11) is 3.39. The molecule has 6 nitrogen and oxygen atoms in total. The van der Waals surface area contributed by atoms with Crippen molar-refractivity contribution < 1.29 is 9.53 Å². The number of hydrogen-bond acceptors (Lipinski definition) is 4. The number of carbonyl (C=O) groups excluding carboxylic acids is 1. The van der Waals surface area contributed by atoms with Gasteiger partial charge in [0.05, 0.1) is 13.7 Å². The van der Waals surface area contributed by atoms with E-state index in [1.165, 1.54) is 5.69 Å². The summed E-state index contributed by atoms with van der Waals surface area (Å²) >= 11 is 0. The molecule has 1 aromatic carbocycles. The molecule has 2 N–H and O–H groups in total. The molecule has 0 saturated carbocycles. The van der Waals surface area contributed by atoms with Crippen LogP contribution in [-0.2, 0) is 4.79 Å². The third-order valence-corrected chi connectivity index (χ3v) is 5.62. The molecule has 2 aromatic heterocycles. The van der Waals surface area contributed by atoms with Crippen LogP contribution in [0.2, 0.25) is 0 Å². The number of para-hydroxylation sites is 1. The Hall–Kier alpha value is -2.86. The van der Waals surface area contributed by atoms with Crippen molar-refractivity contribution in [2.45, 2.75) is 18.8 Å². The number of aromatic amines is 1. The number of piperidine rings is 1. The van der Waals surface area contributed by atoms with E-state index in [0.717, 1.165) is 53.8 Å². The van der Waals surface area contributed by atoms with Gasteiger partial charge < -0.3 is 15.0 Å². The molecule has 0 bridgehead atoms. The number of nitrogens with zero attached hydrogens (tertiary/aromatic N) is 2. The third kappa shape index (κ3) is 3.60. The van der Waals surface area contributed by atoms with Crippen molar-refractivity contribution in [3.8, 4) is 16.9 Å². The van der Waals surface area contributed by atoms with Crippen molar-refractivity contribution in [2.24, 2.45) is 0 Å². The van der Waals surface area contributed by atoms with Gasteiger partial charge in [-0.2, -0.15) is 0 Å². The second kappa shape index (κ2) is 8.02. The molecule has 4 rings (SSSR count). The Morgan fingerprint density at radius 3 is 2.79 bits per heavy atom. The topological polar surface area (TPSA) is 70.2 Å². The van der Waals surface area contributed by atoms with Crippen molar-refractivity contribution in [1.82, 2.24) is 20.2 Å². The van der Waals surface area contributed by atoms with Gasteiger partial charge in [0.15, 0.2) is 0 Å². The van der Waals surface area contributed by atoms with Crippen LogP contribution in [0.4, 0.5) is 0 Å². The van der Waals surface area contributed by atoms with Crippen molar-refractivity contribution in [2.75, 3.05) is 33.8 Å². The molecule has 0 radical (unpaired) electrons. The Balaban J connectivity index is 1.59. The van der Waals surface area contributed by atoms with Gasteiger partial charge in [-0.15, -0.1) is 0 Å². The van der Waals surface area contributed by atoms with Crippen molar-refractivity contribution in [3.63, 3.8) is 0 Å². The van der Waals surface area contributed by atoms with E-state index in [-0.39, 0.29) is 5.91 Å². The molecule has 0 unspecified atom stereocenters. The van der Waals surface area contributed by atoms with Gasteiger partial charge in [0, 0.05) is 35.8 Å². The van der Waals surface area contributed by atoms with E-state index < -0.39 is 0 Å². The summed E-state index contributed by atoms with van der Waals surface area (Å²) in [6, 6.07) is 12.4. The fraction of sp³-hybridized carbons (Fsp3) is 0.364. The lowest BCUT2D eigenvalue weighted by molar-refractivity contribution is -0.122. The number of H-pyrrole nitrogens is 1. The van der Waals surface area contributed by atoms with Gasteiger partial charge in [0.1, 0.15) is 11.4 Å². The van der Waals surface area contributed by atoms with Crippen molar-refractivity contribution >= 4 is 16.9 Å². The number of rotatable bonds is 5. The average molecular weight is 378 g/mol. The number of aromatic nitrogens is 2. The lowest BCUT2D eigenvalue weighted by Crippen LogP contribution is -2.40. The molecule has 0 aliphatic carbocycles.